The third kappa shape index (κ3) is 17.7. The van der Waals surface area contributed by atoms with Crippen LogP contribution in [0, 0.1) is 0 Å². The molecule has 4 N–H and O–H groups in total. The molecule has 16 nitrogen and oxygen atoms in total. The number of nitrogens with one attached hydrogen (secondary N) is 2. The van der Waals surface area contributed by atoms with Crippen LogP contribution in [0.3, 0.4) is 0 Å². The minimum absolute atomic E-state index is 0.0325. The van der Waals surface area contributed by atoms with Crippen LogP contribution in [0.1, 0.15) is 178 Å². The van der Waals surface area contributed by atoms with E-state index in [-0.39, 0.29) is 75.4 Å². The van der Waals surface area contributed by atoms with Gasteiger partial charge >= 0.3 is 18.0 Å². The third-order valence-corrected chi connectivity index (χ3v) is 13.2. The van der Waals surface area contributed by atoms with E-state index in [1.807, 2.05) is 30.3 Å². The highest BCUT2D eigenvalue weighted by Gasteiger charge is 2.50. The molecule has 388 valence electrons. The van der Waals surface area contributed by atoms with Crippen molar-refractivity contribution in [3.63, 3.8) is 0 Å². The van der Waals surface area contributed by atoms with Crippen LogP contribution in [0.4, 0.5) is 4.79 Å². The first-order valence-electron chi connectivity index (χ1n) is 26.5. The Hall–Kier alpha value is -4.90. The van der Waals surface area contributed by atoms with E-state index < -0.39 is 23.8 Å². The van der Waals surface area contributed by atoms with Crippen LogP contribution in [-0.4, -0.2) is 85.7 Å². The molecular formula is C54H81N5O11. The van der Waals surface area contributed by atoms with E-state index in [1.54, 1.807) is 17.6 Å². The second kappa shape index (κ2) is 31.4. The van der Waals surface area contributed by atoms with E-state index in [0.717, 1.165) is 48.6 Å². The Morgan fingerprint density at radius 1 is 0.771 bits per heavy atom. The molecule has 16 heteroatoms. The van der Waals surface area contributed by atoms with Gasteiger partial charge in [-0.05, 0) is 43.9 Å². The zero-order valence-corrected chi connectivity index (χ0v) is 42.1. The number of cyclic esters (lactones) is 1. The predicted molar refractivity (Wildman–Crippen MR) is 269 cm³/mol. The van der Waals surface area contributed by atoms with Gasteiger partial charge in [-0.1, -0.05) is 141 Å². The van der Waals surface area contributed by atoms with Crippen molar-refractivity contribution < 1.29 is 47.9 Å². The number of carbonyl (C=O) groups is 4. The topological polar surface area (TPSA) is 209 Å². The number of esters is 2. The number of pyridine rings is 2. The van der Waals surface area contributed by atoms with Crippen molar-refractivity contribution in [3.05, 3.63) is 63.4 Å². The van der Waals surface area contributed by atoms with E-state index in [4.69, 9.17) is 39.4 Å². The van der Waals surface area contributed by atoms with Gasteiger partial charge in [-0.25, -0.2) is 24.3 Å². The number of benzene rings is 1. The molecule has 2 aromatic heterocycles. The number of amides is 2. The maximum atomic E-state index is 13.8. The Balaban J connectivity index is 0.904. The summed E-state index contributed by atoms with van der Waals surface area (Å²) >= 11 is 0. The van der Waals surface area contributed by atoms with Gasteiger partial charge in [0.25, 0.3) is 5.56 Å². The number of ether oxygens (including phenoxy) is 4. The zero-order chi connectivity index (χ0) is 49.8. The fourth-order valence-corrected chi connectivity index (χ4v) is 9.20. The lowest BCUT2D eigenvalue weighted by Crippen LogP contribution is -2.49. The highest BCUT2D eigenvalue weighted by Crippen LogP contribution is 2.41. The van der Waals surface area contributed by atoms with E-state index in [0.29, 0.717) is 55.9 Å². The normalized spacial score (nSPS) is 15.2. The van der Waals surface area contributed by atoms with E-state index in [9.17, 15) is 24.0 Å². The van der Waals surface area contributed by atoms with Crippen LogP contribution in [0.2, 0.25) is 0 Å². The van der Waals surface area contributed by atoms with Gasteiger partial charge in [0.1, 0.15) is 13.2 Å². The lowest BCUT2D eigenvalue weighted by Gasteiger charge is -2.35. The van der Waals surface area contributed by atoms with Gasteiger partial charge in [0.05, 0.1) is 42.2 Å². The molecular weight excluding hydrogens is 895 g/mol. The van der Waals surface area contributed by atoms with Crippen LogP contribution >= 0.6 is 0 Å². The van der Waals surface area contributed by atoms with Gasteiger partial charge < -0.3 is 39.9 Å². The predicted octanol–water partition coefficient (Wildman–Crippen LogP) is 9.37. The molecule has 0 radical (unpaired) electrons. The summed E-state index contributed by atoms with van der Waals surface area (Å²) in [7, 11) is 0. The molecule has 2 aliphatic rings. The SMILES string of the molecule is CCCCCCCCCCCCCCCCCOCC(COOCCN)OC(=O)CCCCCCCC(=O)NCCNC(=O)O[C@]1(CC)C(=O)OCc2c1cc1n(c2=O)Cc2cc3ccccc3nc2-1. The smallest absolute Gasteiger partial charge is 0.408 e. The highest BCUT2D eigenvalue weighted by atomic mass is 17.2. The van der Waals surface area contributed by atoms with Crippen molar-refractivity contribution in [1.29, 1.82) is 0 Å². The summed E-state index contributed by atoms with van der Waals surface area (Å²) in [5, 5.41) is 6.37. The molecule has 1 aromatic carbocycles. The number of unbranched alkanes of at least 4 members (excludes halogenated alkanes) is 18. The minimum Gasteiger partial charge on any atom is -0.457 e. The third-order valence-electron chi connectivity index (χ3n) is 13.2. The first-order chi connectivity index (χ1) is 34.2. The quantitative estimate of drug-likeness (QED) is 0.0127. The van der Waals surface area contributed by atoms with Crippen molar-refractivity contribution in [2.24, 2.45) is 5.73 Å². The molecule has 0 aliphatic carbocycles. The van der Waals surface area contributed by atoms with Crippen LogP contribution in [0.15, 0.2) is 41.2 Å². The molecule has 0 spiro atoms. The number of rotatable bonds is 37. The fraction of sp³-hybridized carbons (Fsp3) is 0.667. The summed E-state index contributed by atoms with van der Waals surface area (Å²) in [4.78, 5) is 80.6. The Bertz CT molecular complexity index is 2150. The Labute approximate surface area is 414 Å². The maximum Gasteiger partial charge on any atom is 0.408 e. The van der Waals surface area contributed by atoms with Crippen LogP contribution in [0.5, 0.6) is 0 Å². The second-order valence-corrected chi connectivity index (χ2v) is 18.7. The molecule has 0 bridgehead atoms. The number of hydrogen-bond donors (Lipinski definition) is 3. The van der Waals surface area contributed by atoms with Gasteiger partial charge in [0, 0.05) is 55.6 Å². The molecule has 4 heterocycles. The molecule has 0 fully saturated rings. The lowest BCUT2D eigenvalue weighted by molar-refractivity contribution is -0.305. The number of carbonyl (C=O) groups excluding carboxylic acids is 4. The number of para-hydroxylation sites is 1. The summed E-state index contributed by atoms with van der Waals surface area (Å²) in [6, 6.07) is 11.4. The fourth-order valence-electron chi connectivity index (χ4n) is 9.20. The Morgan fingerprint density at radius 3 is 2.10 bits per heavy atom. The molecule has 3 aromatic rings. The largest absolute Gasteiger partial charge is 0.457 e. The standard InChI is InChI=1S/C54H81N5O11/c1-3-5-6-7-8-9-10-11-12-13-14-15-16-20-25-33-65-38-43(39-68-67-34-30-55)69-49(61)29-22-19-17-18-21-28-48(60)56-31-32-57-53(64)70-54(4-2)45-36-47-50-42(35-41-26-23-24-27-46(41)58-50)37-59(47)51(62)44(45)40-66-52(54)63/h23-24,26-27,35-36,43H,3-22,25,28-34,37-40,55H2,1-2H3,(H,56,60)(H,57,64)/t43?,54-/m0/s1. The number of alkyl carbamates (subject to hydrolysis) is 1. The Morgan fingerprint density at radius 2 is 1.41 bits per heavy atom. The summed E-state index contributed by atoms with van der Waals surface area (Å²) in [6.45, 7) is 5.73. The van der Waals surface area contributed by atoms with Gasteiger partial charge in [0.15, 0.2) is 6.10 Å². The second-order valence-electron chi connectivity index (χ2n) is 18.7. The number of nitrogens with zero attached hydrogens (tertiary/aromatic N) is 2. The van der Waals surface area contributed by atoms with E-state index >= 15 is 0 Å². The van der Waals surface area contributed by atoms with Crippen LogP contribution in [0.25, 0.3) is 22.3 Å². The lowest BCUT2D eigenvalue weighted by atomic mass is 9.85. The van der Waals surface area contributed by atoms with Gasteiger partial charge in [-0.15, -0.1) is 0 Å². The molecule has 2 aliphatic heterocycles. The van der Waals surface area contributed by atoms with Gasteiger partial charge in [-0.2, -0.15) is 0 Å². The number of aromatic nitrogens is 2. The molecule has 1 unspecified atom stereocenters. The number of nitrogens with two attached hydrogens (primary N) is 1. The van der Waals surface area contributed by atoms with Crippen molar-refractivity contribution in [2.75, 3.05) is 46.1 Å². The molecule has 0 saturated carbocycles. The number of hydrogen-bond acceptors (Lipinski definition) is 13. The molecule has 5 rings (SSSR count). The molecule has 2 amide bonds. The molecule has 0 saturated heterocycles. The van der Waals surface area contributed by atoms with E-state index in [2.05, 4.69) is 17.6 Å². The van der Waals surface area contributed by atoms with Crippen LogP contribution < -0.4 is 21.9 Å². The first kappa shape index (κ1) is 56.0. The van der Waals surface area contributed by atoms with Crippen molar-refractivity contribution in [2.45, 2.75) is 186 Å². The summed E-state index contributed by atoms with van der Waals surface area (Å²) in [6.07, 6.45) is 22.6. The van der Waals surface area contributed by atoms with Gasteiger partial charge in [-0.3, -0.25) is 14.4 Å². The maximum absolute atomic E-state index is 13.8. The average Bonchev–Trinajstić information content (AvgIpc) is 3.72. The molecule has 70 heavy (non-hydrogen) atoms. The van der Waals surface area contributed by atoms with Crippen molar-refractivity contribution in [1.82, 2.24) is 20.2 Å². The van der Waals surface area contributed by atoms with Crippen molar-refractivity contribution in [3.8, 4) is 11.4 Å². The average molecular weight is 976 g/mol. The summed E-state index contributed by atoms with van der Waals surface area (Å²) in [5.74, 6) is -1.23. The number of fused-ring (bicyclic) bond motifs is 5. The van der Waals surface area contributed by atoms with Crippen LogP contribution in [-0.2, 0) is 61.9 Å². The highest BCUT2D eigenvalue weighted by molar-refractivity contribution is 5.88. The zero-order valence-electron chi connectivity index (χ0n) is 42.1. The first-order valence-corrected chi connectivity index (χ1v) is 26.5. The minimum atomic E-state index is -1.84. The monoisotopic (exact) mass is 976 g/mol. The summed E-state index contributed by atoms with van der Waals surface area (Å²) in [5.41, 5.74) is 6.71. The summed E-state index contributed by atoms with van der Waals surface area (Å²) < 4.78 is 24.4. The van der Waals surface area contributed by atoms with Gasteiger partial charge in [0.2, 0.25) is 11.5 Å². The molecule has 2 atom stereocenters. The Kier molecular flexibility index (Phi) is 25.2. The van der Waals surface area contributed by atoms with E-state index in [1.165, 1.54) is 83.5 Å². The van der Waals surface area contributed by atoms with Crippen molar-refractivity contribution >= 4 is 34.8 Å².